The Labute approximate surface area is 117 Å². The van der Waals surface area contributed by atoms with E-state index in [2.05, 4.69) is 30.7 Å². The van der Waals surface area contributed by atoms with Gasteiger partial charge in [0, 0.05) is 24.7 Å². The molecule has 0 amide bonds. The highest BCUT2D eigenvalue weighted by atomic mass is 16.5. The standard InChI is InChI=1S/C15H27N3O/c1-5-15(6-2,12-16)18(7-3)11-13-9-8-10-14(17-13)19-4/h8-10H,5-7,11-12,16H2,1-4H3. The fourth-order valence-corrected chi connectivity index (χ4v) is 2.58. The molecule has 0 saturated carbocycles. The Bertz CT molecular complexity index is 369. The third kappa shape index (κ3) is 3.67. The first kappa shape index (κ1) is 15.9. The second kappa shape index (κ2) is 7.46. The van der Waals surface area contributed by atoms with E-state index in [1.54, 1.807) is 7.11 Å². The lowest BCUT2D eigenvalue weighted by molar-refractivity contribution is 0.0813. The highest BCUT2D eigenvalue weighted by molar-refractivity contribution is 5.16. The lowest BCUT2D eigenvalue weighted by atomic mass is 9.90. The summed E-state index contributed by atoms with van der Waals surface area (Å²) in [5.41, 5.74) is 7.13. The number of hydrogen-bond acceptors (Lipinski definition) is 4. The van der Waals surface area contributed by atoms with Crippen LogP contribution in [0.25, 0.3) is 0 Å². The number of likely N-dealkylation sites (N-methyl/N-ethyl adjacent to an activating group) is 1. The van der Waals surface area contributed by atoms with E-state index in [4.69, 9.17) is 10.5 Å². The van der Waals surface area contributed by atoms with E-state index in [1.807, 2.05) is 18.2 Å². The zero-order valence-electron chi connectivity index (χ0n) is 12.6. The van der Waals surface area contributed by atoms with Crippen molar-refractivity contribution >= 4 is 0 Å². The van der Waals surface area contributed by atoms with Gasteiger partial charge < -0.3 is 10.5 Å². The Kier molecular flexibility index (Phi) is 6.25. The molecule has 2 N–H and O–H groups in total. The van der Waals surface area contributed by atoms with Crippen LogP contribution in [0.4, 0.5) is 0 Å². The molecule has 0 aromatic carbocycles. The van der Waals surface area contributed by atoms with Gasteiger partial charge in [0.05, 0.1) is 12.8 Å². The molecule has 0 aliphatic carbocycles. The van der Waals surface area contributed by atoms with Gasteiger partial charge in [0.25, 0.3) is 0 Å². The average Bonchev–Trinajstić information content (AvgIpc) is 2.48. The molecule has 19 heavy (non-hydrogen) atoms. The predicted octanol–water partition coefficient (Wildman–Crippen LogP) is 2.43. The summed E-state index contributed by atoms with van der Waals surface area (Å²) in [4.78, 5) is 6.92. The minimum Gasteiger partial charge on any atom is -0.481 e. The van der Waals surface area contributed by atoms with Gasteiger partial charge >= 0.3 is 0 Å². The number of hydrogen-bond donors (Lipinski definition) is 1. The monoisotopic (exact) mass is 265 g/mol. The fraction of sp³-hybridized carbons (Fsp3) is 0.667. The Hall–Kier alpha value is -1.13. The maximum Gasteiger partial charge on any atom is 0.213 e. The average molecular weight is 265 g/mol. The van der Waals surface area contributed by atoms with Crippen LogP contribution in [0.15, 0.2) is 18.2 Å². The summed E-state index contributed by atoms with van der Waals surface area (Å²) in [7, 11) is 1.64. The first-order valence-corrected chi connectivity index (χ1v) is 7.10. The third-order valence-electron chi connectivity index (χ3n) is 4.09. The Morgan fingerprint density at radius 1 is 1.26 bits per heavy atom. The minimum atomic E-state index is 0.0690. The van der Waals surface area contributed by atoms with Crippen LogP contribution in [0.1, 0.15) is 39.3 Å². The van der Waals surface area contributed by atoms with E-state index >= 15 is 0 Å². The number of rotatable bonds is 8. The van der Waals surface area contributed by atoms with Gasteiger partial charge in [-0.3, -0.25) is 4.90 Å². The molecule has 0 aliphatic rings. The Morgan fingerprint density at radius 3 is 2.42 bits per heavy atom. The van der Waals surface area contributed by atoms with Crippen molar-refractivity contribution in [3.8, 4) is 5.88 Å². The molecule has 0 unspecified atom stereocenters. The molecule has 1 aromatic rings. The van der Waals surface area contributed by atoms with E-state index in [0.717, 1.165) is 31.6 Å². The molecular weight excluding hydrogens is 238 g/mol. The molecule has 0 saturated heterocycles. The smallest absolute Gasteiger partial charge is 0.213 e. The summed E-state index contributed by atoms with van der Waals surface area (Å²) in [5.74, 6) is 0.667. The molecule has 1 aromatic heterocycles. The van der Waals surface area contributed by atoms with Crippen LogP contribution in [-0.2, 0) is 6.54 Å². The lowest BCUT2D eigenvalue weighted by Crippen LogP contribution is -2.52. The largest absolute Gasteiger partial charge is 0.481 e. The quantitative estimate of drug-likeness (QED) is 0.784. The van der Waals surface area contributed by atoms with Crippen molar-refractivity contribution < 1.29 is 4.74 Å². The number of methoxy groups -OCH3 is 1. The zero-order valence-corrected chi connectivity index (χ0v) is 12.6. The number of ether oxygens (including phenoxy) is 1. The van der Waals surface area contributed by atoms with E-state index in [9.17, 15) is 0 Å². The molecule has 4 nitrogen and oxygen atoms in total. The van der Waals surface area contributed by atoms with Crippen molar-refractivity contribution in [3.05, 3.63) is 23.9 Å². The first-order chi connectivity index (χ1) is 9.15. The summed E-state index contributed by atoms with van der Waals surface area (Å²) < 4.78 is 5.18. The summed E-state index contributed by atoms with van der Waals surface area (Å²) >= 11 is 0. The highest BCUT2D eigenvalue weighted by Crippen LogP contribution is 2.24. The van der Waals surface area contributed by atoms with E-state index in [-0.39, 0.29) is 5.54 Å². The molecule has 0 bridgehead atoms. The van der Waals surface area contributed by atoms with Gasteiger partial charge in [-0.05, 0) is 25.5 Å². The summed E-state index contributed by atoms with van der Waals surface area (Å²) in [6, 6.07) is 5.89. The van der Waals surface area contributed by atoms with Crippen LogP contribution in [0.3, 0.4) is 0 Å². The molecule has 0 aliphatic heterocycles. The minimum absolute atomic E-state index is 0.0690. The third-order valence-corrected chi connectivity index (χ3v) is 4.09. The Balaban J connectivity index is 2.91. The fourth-order valence-electron chi connectivity index (χ4n) is 2.58. The highest BCUT2D eigenvalue weighted by Gasteiger charge is 2.31. The van der Waals surface area contributed by atoms with Gasteiger partial charge in [-0.15, -0.1) is 0 Å². The number of nitrogens with zero attached hydrogens (tertiary/aromatic N) is 2. The predicted molar refractivity (Wildman–Crippen MR) is 79.2 cm³/mol. The topological polar surface area (TPSA) is 51.4 Å². The van der Waals surface area contributed by atoms with Crippen LogP contribution in [0, 0.1) is 0 Å². The van der Waals surface area contributed by atoms with Crippen LogP contribution >= 0.6 is 0 Å². The molecule has 4 heteroatoms. The maximum atomic E-state index is 6.03. The van der Waals surface area contributed by atoms with Gasteiger partial charge in [0.15, 0.2) is 0 Å². The molecule has 108 valence electrons. The SMILES string of the molecule is CCN(Cc1cccc(OC)n1)C(CC)(CC)CN. The molecule has 0 atom stereocenters. The second-order valence-electron chi connectivity index (χ2n) is 4.82. The van der Waals surface area contributed by atoms with Crippen LogP contribution in [-0.4, -0.2) is 35.6 Å². The second-order valence-corrected chi connectivity index (χ2v) is 4.82. The van der Waals surface area contributed by atoms with Gasteiger partial charge in [0.2, 0.25) is 5.88 Å². The van der Waals surface area contributed by atoms with Crippen LogP contribution < -0.4 is 10.5 Å². The van der Waals surface area contributed by atoms with Crippen molar-refractivity contribution in [1.29, 1.82) is 0 Å². The molecule has 0 radical (unpaired) electrons. The van der Waals surface area contributed by atoms with Crippen molar-refractivity contribution in [3.63, 3.8) is 0 Å². The molecule has 1 rings (SSSR count). The van der Waals surface area contributed by atoms with E-state index in [1.165, 1.54) is 0 Å². The summed E-state index contributed by atoms with van der Waals surface area (Å²) in [6.45, 7) is 9.05. The molecule has 0 spiro atoms. The van der Waals surface area contributed by atoms with Crippen molar-refractivity contribution in [2.45, 2.75) is 45.7 Å². The van der Waals surface area contributed by atoms with Crippen LogP contribution in [0.5, 0.6) is 5.88 Å². The molecule has 0 fully saturated rings. The van der Waals surface area contributed by atoms with E-state index < -0.39 is 0 Å². The van der Waals surface area contributed by atoms with Gasteiger partial charge in [-0.2, -0.15) is 0 Å². The number of aromatic nitrogens is 1. The number of nitrogens with two attached hydrogens (primary N) is 1. The van der Waals surface area contributed by atoms with Crippen molar-refractivity contribution in [2.75, 3.05) is 20.2 Å². The van der Waals surface area contributed by atoms with Gasteiger partial charge in [-0.1, -0.05) is 26.8 Å². The lowest BCUT2D eigenvalue weighted by Gasteiger charge is -2.42. The summed E-state index contributed by atoms with van der Waals surface area (Å²) in [5, 5.41) is 0. The first-order valence-electron chi connectivity index (χ1n) is 7.10. The maximum absolute atomic E-state index is 6.03. The summed E-state index contributed by atoms with van der Waals surface area (Å²) in [6.07, 6.45) is 2.11. The van der Waals surface area contributed by atoms with E-state index in [0.29, 0.717) is 12.4 Å². The van der Waals surface area contributed by atoms with Crippen molar-refractivity contribution in [2.24, 2.45) is 5.73 Å². The van der Waals surface area contributed by atoms with Gasteiger partial charge in [0.1, 0.15) is 0 Å². The Morgan fingerprint density at radius 2 is 1.95 bits per heavy atom. The number of pyridine rings is 1. The zero-order chi connectivity index (χ0) is 14.3. The molecular formula is C15H27N3O. The van der Waals surface area contributed by atoms with Crippen LogP contribution in [0.2, 0.25) is 0 Å². The molecule has 1 heterocycles. The van der Waals surface area contributed by atoms with Crippen molar-refractivity contribution in [1.82, 2.24) is 9.88 Å². The van der Waals surface area contributed by atoms with Gasteiger partial charge in [-0.25, -0.2) is 4.98 Å². The normalized spacial score (nSPS) is 11.9.